The van der Waals surface area contributed by atoms with Gasteiger partial charge in [-0.25, -0.2) is 9.37 Å². The molecule has 5 N–H and O–H groups in total. The van der Waals surface area contributed by atoms with E-state index in [1.807, 2.05) is 0 Å². The number of hydrogen-bond acceptors (Lipinski definition) is 7. The molecule has 3 rings (SSSR count). The molecular weight excluding hydrogens is 408 g/mol. The maximum Gasteiger partial charge on any atom is 0.398 e. The number of pyridine rings is 1. The van der Waals surface area contributed by atoms with Crippen LogP contribution in [-0.4, -0.2) is 47.2 Å². The van der Waals surface area contributed by atoms with Gasteiger partial charge in [0.2, 0.25) is 0 Å². The molecule has 1 fully saturated rings. The topological polar surface area (TPSA) is 142 Å². The van der Waals surface area contributed by atoms with Gasteiger partial charge in [0.1, 0.15) is 17.8 Å². The number of aliphatic hydroxyl groups excluding tert-OH is 1. The number of aliphatic hydroxyl groups is 1. The van der Waals surface area contributed by atoms with Crippen molar-refractivity contribution in [3.63, 3.8) is 0 Å². The molecule has 0 radical (unpaired) electrons. The summed E-state index contributed by atoms with van der Waals surface area (Å²) in [6.07, 6.45) is -5.37. The lowest BCUT2D eigenvalue weighted by atomic mass is 9.82. The second kappa shape index (κ2) is 7.91. The van der Waals surface area contributed by atoms with Crippen molar-refractivity contribution in [2.75, 3.05) is 18.0 Å². The van der Waals surface area contributed by atoms with E-state index in [1.165, 1.54) is 12.3 Å². The summed E-state index contributed by atoms with van der Waals surface area (Å²) < 4.78 is 54.3. The maximum absolute atomic E-state index is 13.8. The highest BCUT2D eigenvalue weighted by Gasteiger charge is 2.53. The molecule has 1 aromatic rings. The zero-order valence-electron chi connectivity index (χ0n) is 15.5. The molecule has 30 heavy (non-hydrogen) atoms. The Hall–Kier alpha value is -3.20. The molecule has 0 unspecified atom stereocenters. The molecule has 1 amide bonds. The lowest BCUT2D eigenvalue weighted by molar-refractivity contribution is -0.190. The Balaban J connectivity index is 1.84. The van der Waals surface area contributed by atoms with Gasteiger partial charge in [-0.1, -0.05) is 0 Å². The summed E-state index contributed by atoms with van der Waals surface area (Å²) in [6.45, 7) is 0.668. The molecule has 2 aliphatic rings. The number of halogens is 4. The van der Waals surface area contributed by atoms with Crippen LogP contribution in [0.2, 0.25) is 0 Å². The van der Waals surface area contributed by atoms with Crippen LogP contribution in [0, 0.1) is 29.0 Å². The van der Waals surface area contributed by atoms with Crippen LogP contribution in [0.25, 0.3) is 0 Å². The number of amides is 1. The van der Waals surface area contributed by atoms with Crippen molar-refractivity contribution >= 4 is 17.4 Å². The molecule has 0 bridgehead atoms. The normalized spacial score (nSPS) is 25.0. The molecule has 1 saturated heterocycles. The number of carbonyl (C=O) groups is 1. The van der Waals surface area contributed by atoms with Crippen molar-refractivity contribution in [2.24, 2.45) is 28.3 Å². The summed E-state index contributed by atoms with van der Waals surface area (Å²) in [5, 5.41) is 18.5. The van der Waals surface area contributed by atoms with E-state index in [0.717, 1.165) is 0 Å². The van der Waals surface area contributed by atoms with Gasteiger partial charge in [-0.3, -0.25) is 4.79 Å². The second-order valence-corrected chi connectivity index (χ2v) is 7.07. The standard InChI is InChI=1S/C18H18F4N6O2/c19-10-5-9(7-26-11(10)6-23)28-3-1-8(2-4-28)14(24)12-13(18(20,21)22)15(29)17(30)27-16(12)25/h5,7-8,13,15,29H,1-4,24H2,(H2,25,27,30)/t13-,15-/m1/s1. The van der Waals surface area contributed by atoms with Crippen molar-refractivity contribution in [1.29, 1.82) is 5.26 Å². The van der Waals surface area contributed by atoms with E-state index in [1.54, 1.807) is 11.0 Å². The predicted molar refractivity (Wildman–Crippen MR) is 97.2 cm³/mol. The fourth-order valence-corrected chi connectivity index (χ4v) is 3.73. The van der Waals surface area contributed by atoms with Crippen LogP contribution in [0.5, 0.6) is 0 Å². The van der Waals surface area contributed by atoms with Crippen LogP contribution >= 0.6 is 0 Å². The molecule has 2 atom stereocenters. The Labute approximate surface area is 168 Å². The number of amidine groups is 1. The first-order valence-electron chi connectivity index (χ1n) is 8.97. The monoisotopic (exact) mass is 426 g/mol. The number of aliphatic imine (C=N–C) groups is 1. The second-order valence-electron chi connectivity index (χ2n) is 7.07. The molecule has 1 aromatic heterocycles. The largest absolute Gasteiger partial charge is 0.401 e. The number of rotatable bonds is 2. The van der Waals surface area contributed by atoms with Crippen LogP contribution in [0.1, 0.15) is 18.5 Å². The van der Waals surface area contributed by atoms with Gasteiger partial charge in [-0.2, -0.15) is 23.4 Å². The summed E-state index contributed by atoms with van der Waals surface area (Å²) in [5.74, 6) is -5.83. The van der Waals surface area contributed by atoms with Gasteiger partial charge < -0.3 is 21.5 Å². The third-order valence-corrected chi connectivity index (χ3v) is 5.28. The number of piperidine rings is 1. The van der Waals surface area contributed by atoms with Gasteiger partial charge in [-0.15, -0.1) is 0 Å². The zero-order chi connectivity index (χ0) is 22.2. The minimum atomic E-state index is -4.94. The average Bonchev–Trinajstić information content (AvgIpc) is 2.69. The molecule has 160 valence electrons. The highest BCUT2D eigenvalue weighted by atomic mass is 19.4. The molecule has 8 nitrogen and oxygen atoms in total. The van der Waals surface area contributed by atoms with Crippen LogP contribution < -0.4 is 16.4 Å². The number of anilines is 1. The molecule has 0 saturated carbocycles. The first kappa shape index (κ1) is 21.5. The third-order valence-electron chi connectivity index (χ3n) is 5.28. The number of allylic oxidation sites excluding steroid dienone is 1. The number of nitrogens with two attached hydrogens (primary N) is 2. The van der Waals surface area contributed by atoms with Gasteiger partial charge in [0.05, 0.1) is 11.9 Å². The van der Waals surface area contributed by atoms with E-state index in [4.69, 9.17) is 16.7 Å². The van der Waals surface area contributed by atoms with E-state index in [0.29, 0.717) is 31.6 Å². The molecular formula is C18H18F4N6O2. The van der Waals surface area contributed by atoms with Crippen LogP contribution in [0.15, 0.2) is 28.5 Å². The summed E-state index contributed by atoms with van der Waals surface area (Å²) >= 11 is 0. The van der Waals surface area contributed by atoms with Gasteiger partial charge >= 0.3 is 6.18 Å². The Morgan fingerprint density at radius 2 is 1.97 bits per heavy atom. The van der Waals surface area contributed by atoms with Crippen LogP contribution in [0.4, 0.5) is 23.2 Å². The van der Waals surface area contributed by atoms with Crippen molar-refractivity contribution < 1.29 is 27.5 Å². The fourth-order valence-electron chi connectivity index (χ4n) is 3.73. The minimum absolute atomic E-state index is 0.172. The summed E-state index contributed by atoms with van der Waals surface area (Å²) in [7, 11) is 0. The highest BCUT2D eigenvalue weighted by Crippen LogP contribution is 2.40. The lowest BCUT2D eigenvalue weighted by Crippen LogP contribution is -2.49. The van der Waals surface area contributed by atoms with Crippen LogP contribution in [0.3, 0.4) is 0 Å². The summed E-state index contributed by atoms with van der Waals surface area (Å²) in [6, 6.07) is 2.79. The van der Waals surface area contributed by atoms with Gasteiger partial charge in [0.25, 0.3) is 5.91 Å². The Morgan fingerprint density at radius 1 is 1.33 bits per heavy atom. The van der Waals surface area contributed by atoms with E-state index < -0.39 is 47.2 Å². The molecule has 12 heteroatoms. The molecule has 2 aliphatic heterocycles. The Kier molecular flexibility index (Phi) is 5.67. The number of carbonyl (C=O) groups excluding carboxylic acids is 1. The Morgan fingerprint density at radius 3 is 2.50 bits per heavy atom. The fraction of sp³-hybridized carbons (Fsp3) is 0.444. The average molecular weight is 426 g/mol. The SMILES string of the molecule is N#Cc1ncc(N2CCC(C(N)=C3C(N)=NC(=O)[C@H](O)[C@@H]3C(F)(F)F)CC2)cc1F. The first-order valence-corrected chi connectivity index (χ1v) is 8.97. The van der Waals surface area contributed by atoms with Crippen molar-refractivity contribution in [2.45, 2.75) is 25.1 Å². The maximum atomic E-state index is 13.8. The molecule has 3 heterocycles. The number of aromatic nitrogens is 1. The predicted octanol–water partition coefficient (Wildman–Crippen LogP) is 0.958. The van der Waals surface area contributed by atoms with Crippen molar-refractivity contribution in [1.82, 2.24) is 4.98 Å². The minimum Gasteiger partial charge on any atom is -0.401 e. The first-order chi connectivity index (χ1) is 14.0. The van der Waals surface area contributed by atoms with E-state index >= 15 is 0 Å². The molecule has 0 spiro atoms. The van der Waals surface area contributed by atoms with Crippen molar-refractivity contribution in [3.05, 3.63) is 35.0 Å². The van der Waals surface area contributed by atoms with Crippen molar-refractivity contribution in [3.8, 4) is 6.07 Å². The van der Waals surface area contributed by atoms with E-state index in [9.17, 15) is 27.5 Å². The smallest absolute Gasteiger partial charge is 0.398 e. The number of alkyl halides is 3. The van der Waals surface area contributed by atoms with Gasteiger partial charge in [0.15, 0.2) is 17.6 Å². The lowest BCUT2D eigenvalue weighted by Gasteiger charge is -2.36. The molecule has 0 aromatic carbocycles. The highest BCUT2D eigenvalue weighted by molar-refractivity contribution is 6.09. The van der Waals surface area contributed by atoms with Gasteiger partial charge in [0, 0.05) is 36.3 Å². The quantitative estimate of drug-likeness (QED) is 0.598. The summed E-state index contributed by atoms with van der Waals surface area (Å²) in [5.41, 5.74) is 11.0. The van der Waals surface area contributed by atoms with E-state index in [2.05, 4.69) is 9.98 Å². The number of hydrogen-bond donors (Lipinski definition) is 3. The number of nitrogens with zero attached hydrogens (tertiary/aromatic N) is 4. The summed E-state index contributed by atoms with van der Waals surface area (Å²) in [4.78, 5) is 20.3. The van der Waals surface area contributed by atoms with Crippen LogP contribution in [-0.2, 0) is 4.79 Å². The zero-order valence-corrected chi connectivity index (χ0v) is 15.5. The molecule has 0 aliphatic carbocycles. The van der Waals surface area contributed by atoms with Gasteiger partial charge in [-0.05, 0) is 12.8 Å². The van der Waals surface area contributed by atoms with E-state index in [-0.39, 0.29) is 11.4 Å². The Bertz CT molecular complexity index is 960. The number of nitriles is 1. The third kappa shape index (κ3) is 3.93.